The second-order valence-corrected chi connectivity index (χ2v) is 4.65. The fraction of sp³-hybridized carbons (Fsp3) is 0.909. The minimum atomic E-state index is -0.468. The topological polar surface area (TPSA) is 53.0 Å². The third-order valence-corrected chi connectivity index (χ3v) is 3.35. The van der Waals surface area contributed by atoms with E-state index in [4.69, 9.17) is 4.74 Å². The molecular weight excluding hydrogens is 208 g/mol. The van der Waals surface area contributed by atoms with E-state index in [1.165, 1.54) is 0 Å². The molecule has 0 bridgehead atoms. The zero-order valence-corrected chi connectivity index (χ0v) is 9.76. The summed E-state index contributed by atoms with van der Waals surface area (Å²) in [7, 11) is 0. The average Bonchev–Trinajstić information content (AvgIpc) is 2.59. The van der Waals surface area contributed by atoms with E-state index in [1.807, 2.05) is 0 Å². The monoisotopic (exact) mass is 228 g/mol. The molecule has 0 aliphatic carbocycles. The maximum Gasteiger partial charge on any atom is 0.225 e. The van der Waals surface area contributed by atoms with Gasteiger partial charge in [0.2, 0.25) is 5.91 Å². The summed E-state index contributed by atoms with van der Waals surface area (Å²) >= 11 is 0. The minimum Gasteiger partial charge on any atom is -0.391 e. The number of ether oxygens (including phenoxy) is 1. The third kappa shape index (κ3) is 2.72. The molecule has 2 fully saturated rings. The molecule has 5 heteroatoms. The van der Waals surface area contributed by atoms with E-state index in [2.05, 4.69) is 11.8 Å². The number of likely N-dealkylation sites (tertiary alicyclic amines) is 1. The Kier molecular flexibility index (Phi) is 3.78. The van der Waals surface area contributed by atoms with Crippen LogP contribution in [-0.4, -0.2) is 72.4 Å². The average molecular weight is 228 g/mol. The fourth-order valence-corrected chi connectivity index (χ4v) is 2.38. The summed E-state index contributed by atoms with van der Waals surface area (Å²) in [5.41, 5.74) is 0. The molecule has 0 spiro atoms. The predicted molar refractivity (Wildman–Crippen MR) is 59.1 cm³/mol. The van der Waals surface area contributed by atoms with Gasteiger partial charge >= 0.3 is 0 Å². The summed E-state index contributed by atoms with van der Waals surface area (Å²) in [6.45, 7) is 6.77. The molecule has 2 aliphatic heterocycles. The Balaban J connectivity index is 1.81. The molecule has 1 amide bonds. The highest BCUT2D eigenvalue weighted by atomic mass is 16.5. The molecule has 2 rings (SSSR count). The van der Waals surface area contributed by atoms with E-state index in [1.54, 1.807) is 4.90 Å². The van der Waals surface area contributed by atoms with Crippen molar-refractivity contribution in [3.63, 3.8) is 0 Å². The first-order valence-corrected chi connectivity index (χ1v) is 5.94. The van der Waals surface area contributed by atoms with Gasteiger partial charge in [-0.2, -0.15) is 0 Å². The number of morpholine rings is 1. The maximum absolute atomic E-state index is 11.5. The largest absolute Gasteiger partial charge is 0.391 e. The molecule has 2 atom stereocenters. The lowest BCUT2D eigenvalue weighted by Gasteiger charge is -2.34. The Bertz CT molecular complexity index is 254. The van der Waals surface area contributed by atoms with Crippen molar-refractivity contribution in [1.82, 2.24) is 9.80 Å². The number of hydrogen-bond acceptors (Lipinski definition) is 4. The number of carbonyl (C=O) groups excluding carboxylic acids is 1. The molecule has 0 aromatic carbocycles. The van der Waals surface area contributed by atoms with Crippen molar-refractivity contribution in [2.45, 2.75) is 25.5 Å². The van der Waals surface area contributed by atoms with Crippen LogP contribution in [0.3, 0.4) is 0 Å². The lowest BCUT2D eigenvalue weighted by atomic mass is 10.2. The van der Waals surface area contributed by atoms with Gasteiger partial charge in [-0.1, -0.05) is 0 Å². The third-order valence-electron chi connectivity index (χ3n) is 3.35. The summed E-state index contributed by atoms with van der Waals surface area (Å²) in [5.74, 6) is 0.0765. The first kappa shape index (κ1) is 11.8. The lowest BCUT2D eigenvalue weighted by Crippen LogP contribution is -2.47. The summed E-state index contributed by atoms with van der Waals surface area (Å²) in [6, 6.07) is 0.346. The summed E-state index contributed by atoms with van der Waals surface area (Å²) in [6.07, 6.45) is -0.181. The van der Waals surface area contributed by atoms with Gasteiger partial charge in [-0.15, -0.1) is 0 Å². The smallest absolute Gasteiger partial charge is 0.225 e. The number of hydrogen-bond donors (Lipinski definition) is 1. The zero-order chi connectivity index (χ0) is 11.5. The number of aliphatic hydroxyl groups excluding tert-OH is 1. The minimum absolute atomic E-state index is 0.0765. The van der Waals surface area contributed by atoms with Crippen LogP contribution in [0.2, 0.25) is 0 Å². The van der Waals surface area contributed by atoms with Crippen LogP contribution in [0.15, 0.2) is 0 Å². The molecule has 0 aromatic heterocycles. The normalized spacial score (nSPS) is 29.8. The molecule has 92 valence electrons. The quantitative estimate of drug-likeness (QED) is 0.694. The Labute approximate surface area is 96.0 Å². The van der Waals surface area contributed by atoms with E-state index in [0.29, 0.717) is 12.6 Å². The standard InChI is InChI=1S/C11H20N2O3/c1-9(12-2-4-16-5-3-12)7-13-8-10(14)6-11(13)15/h9-10,14H,2-8H2,1H3. The fourth-order valence-electron chi connectivity index (χ4n) is 2.38. The van der Waals surface area contributed by atoms with Crippen LogP contribution in [-0.2, 0) is 9.53 Å². The van der Waals surface area contributed by atoms with E-state index in [9.17, 15) is 9.90 Å². The Hall–Kier alpha value is -0.650. The van der Waals surface area contributed by atoms with Gasteiger partial charge in [-0.05, 0) is 6.92 Å². The zero-order valence-electron chi connectivity index (χ0n) is 9.76. The summed E-state index contributed by atoms with van der Waals surface area (Å²) in [4.78, 5) is 15.6. The van der Waals surface area contributed by atoms with Crippen LogP contribution >= 0.6 is 0 Å². The van der Waals surface area contributed by atoms with Crippen LogP contribution in [0.25, 0.3) is 0 Å². The molecule has 2 heterocycles. The highest BCUT2D eigenvalue weighted by Crippen LogP contribution is 2.13. The highest BCUT2D eigenvalue weighted by molar-refractivity contribution is 5.79. The number of carbonyl (C=O) groups is 1. The molecular formula is C11H20N2O3. The lowest BCUT2D eigenvalue weighted by molar-refractivity contribution is -0.128. The van der Waals surface area contributed by atoms with Crippen LogP contribution in [0.1, 0.15) is 13.3 Å². The molecule has 0 radical (unpaired) electrons. The first-order valence-electron chi connectivity index (χ1n) is 5.94. The second-order valence-electron chi connectivity index (χ2n) is 4.65. The molecule has 2 saturated heterocycles. The van der Waals surface area contributed by atoms with Crippen molar-refractivity contribution in [3.8, 4) is 0 Å². The molecule has 16 heavy (non-hydrogen) atoms. The number of amides is 1. The number of rotatable bonds is 3. The van der Waals surface area contributed by atoms with E-state index < -0.39 is 6.10 Å². The van der Waals surface area contributed by atoms with Gasteiger partial charge in [0.25, 0.3) is 0 Å². The number of β-amino-alcohol motifs (C(OH)–C–C–N with tert-alkyl or cyclic N) is 1. The predicted octanol–water partition coefficient (Wildman–Crippen LogP) is -0.700. The van der Waals surface area contributed by atoms with Crippen LogP contribution < -0.4 is 0 Å². The Morgan fingerprint density at radius 3 is 2.75 bits per heavy atom. The molecule has 5 nitrogen and oxygen atoms in total. The van der Waals surface area contributed by atoms with Gasteiger partial charge in [-0.25, -0.2) is 0 Å². The number of aliphatic hydroxyl groups is 1. The van der Waals surface area contributed by atoms with E-state index >= 15 is 0 Å². The van der Waals surface area contributed by atoms with Gasteiger partial charge in [-0.3, -0.25) is 9.69 Å². The van der Waals surface area contributed by atoms with Crippen LogP contribution in [0.5, 0.6) is 0 Å². The first-order chi connectivity index (χ1) is 7.66. The van der Waals surface area contributed by atoms with Gasteiger partial charge in [0, 0.05) is 32.2 Å². The summed E-state index contributed by atoms with van der Waals surface area (Å²) < 4.78 is 5.30. The van der Waals surface area contributed by atoms with Gasteiger partial charge in [0.15, 0.2) is 0 Å². The SMILES string of the molecule is CC(CN1CC(O)CC1=O)N1CCOCC1. The Morgan fingerprint density at radius 1 is 1.50 bits per heavy atom. The summed E-state index contributed by atoms with van der Waals surface area (Å²) in [5, 5.41) is 9.40. The van der Waals surface area contributed by atoms with E-state index in [0.717, 1.165) is 32.8 Å². The molecule has 1 N–H and O–H groups in total. The van der Waals surface area contributed by atoms with Crippen molar-refractivity contribution in [2.75, 3.05) is 39.4 Å². The van der Waals surface area contributed by atoms with E-state index in [-0.39, 0.29) is 12.3 Å². The van der Waals surface area contributed by atoms with Crippen molar-refractivity contribution >= 4 is 5.91 Å². The molecule has 0 saturated carbocycles. The van der Waals surface area contributed by atoms with Gasteiger partial charge < -0.3 is 14.7 Å². The maximum atomic E-state index is 11.5. The van der Waals surface area contributed by atoms with Crippen LogP contribution in [0, 0.1) is 0 Å². The second kappa shape index (κ2) is 5.12. The van der Waals surface area contributed by atoms with Crippen LogP contribution in [0.4, 0.5) is 0 Å². The molecule has 2 unspecified atom stereocenters. The molecule has 0 aromatic rings. The van der Waals surface area contributed by atoms with Gasteiger partial charge in [0.1, 0.15) is 0 Å². The van der Waals surface area contributed by atoms with Crippen molar-refractivity contribution in [1.29, 1.82) is 0 Å². The van der Waals surface area contributed by atoms with Crippen molar-refractivity contribution < 1.29 is 14.6 Å². The molecule has 2 aliphatic rings. The highest BCUT2D eigenvalue weighted by Gasteiger charge is 2.30. The van der Waals surface area contributed by atoms with Crippen molar-refractivity contribution in [3.05, 3.63) is 0 Å². The number of nitrogens with zero attached hydrogens (tertiary/aromatic N) is 2. The van der Waals surface area contributed by atoms with Crippen molar-refractivity contribution in [2.24, 2.45) is 0 Å². The Morgan fingerprint density at radius 2 is 2.19 bits per heavy atom. The van der Waals surface area contributed by atoms with Gasteiger partial charge in [0.05, 0.1) is 25.7 Å².